The predicted octanol–water partition coefficient (Wildman–Crippen LogP) is 3.29. The van der Waals surface area contributed by atoms with Gasteiger partial charge in [-0.2, -0.15) is 0 Å². The van der Waals surface area contributed by atoms with E-state index in [1.807, 2.05) is 6.92 Å². The second kappa shape index (κ2) is 7.92. The molecule has 0 aliphatic rings. The maximum atomic E-state index is 12.6. The Kier molecular flexibility index (Phi) is 6.53. The molecule has 1 atom stereocenters. The lowest BCUT2D eigenvalue weighted by Crippen LogP contribution is -2.33. The molecule has 1 unspecified atom stereocenters. The first kappa shape index (κ1) is 18.1. The molecule has 0 aliphatic heterocycles. The summed E-state index contributed by atoms with van der Waals surface area (Å²) in [7, 11) is 0. The van der Waals surface area contributed by atoms with E-state index in [9.17, 15) is 14.4 Å². The lowest BCUT2D eigenvalue weighted by Gasteiger charge is -2.25. The lowest BCUT2D eigenvalue weighted by molar-refractivity contribution is -0.138. The Morgan fingerprint density at radius 2 is 1.82 bits per heavy atom. The van der Waals surface area contributed by atoms with Gasteiger partial charge in [0.1, 0.15) is 23.1 Å². The number of carbonyl (C=O) groups is 3. The summed E-state index contributed by atoms with van der Waals surface area (Å²) in [4.78, 5) is 34.9. The summed E-state index contributed by atoms with van der Waals surface area (Å²) in [5.41, 5.74) is -1.00. The molecule has 22 heavy (non-hydrogen) atoms. The van der Waals surface area contributed by atoms with Crippen LogP contribution in [0.1, 0.15) is 64.4 Å². The summed E-state index contributed by atoms with van der Waals surface area (Å²) < 4.78 is 5.69. The smallest absolute Gasteiger partial charge is 0.303 e. The summed E-state index contributed by atoms with van der Waals surface area (Å²) in [5.74, 6) is 0.176. The van der Waals surface area contributed by atoms with Gasteiger partial charge in [-0.25, -0.2) is 0 Å². The zero-order valence-electron chi connectivity index (χ0n) is 13.5. The van der Waals surface area contributed by atoms with E-state index in [0.717, 1.165) is 5.76 Å². The van der Waals surface area contributed by atoms with Gasteiger partial charge >= 0.3 is 5.97 Å². The van der Waals surface area contributed by atoms with Crippen molar-refractivity contribution in [2.24, 2.45) is 0 Å². The van der Waals surface area contributed by atoms with Gasteiger partial charge in [-0.3, -0.25) is 14.4 Å². The minimum atomic E-state index is -1.00. The third-order valence-electron chi connectivity index (χ3n) is 4.03. The second-order valence-corrected chi connectivity index (χ2v) is 5.66. The Balaban J connectivity index is 2.96. The number of hydrogen-bond donors (Lipinski definition) is 1. The van der Waals surface area contributed by atoms with E-state index in [4.69, 9.17) is 9.52 Å². The number of hydrogen-bond acceptors (Lipinski definition) is 4. The van der Waals surface area contributed by atoms with Crippen LogP contribution < -0.4 is 0 Å². The van der Waals surface area contributed by atoms with Crippen LogP contribution in [0.3, 0.4) is 0 Å². The summed E-state index contributed by atoms with van der Waals surface area (Å²) in [6, 6.07) is 3.54. The van der Waals surface area contributed by atoms with Crippen molar-refractivity contribution in [1.82, 2.24) is 0 Å². The molecule has 122 valence electrons. The SMILES string of the molecule is CCC(=O)CCC(=O)C(C)(CCC(=O)O)c1ccc(CC)o1. The number of Topliss-reactive ketones (excluding diaryl/α,β-unsaturated/α-hetero) is 2. The van der Waals surface area contributed by atoms with Crippen molar-refractivity contribution in [3.05, 3.63) is 23.7 Å². The Morgan fingerprint density at radius 3 is 2.32 bits per heavy atom. The van der Waals surface area contributed by atoms with Crippen molar-refractivity contribution in [2.75, 3.05) is 0 Å². The minimum Gasteiger partial charge on any atom is -0.481 e. The van der Waals surface area contributed by atoms with E-state index < -0.39 is 11.4 Å². The van der Waals surface area contributed by atoms with Crippen molar-refractivity contribution in [2.45, 2.75) is 64.7 Å². The standard InChI is InChI=1S/C17H24O5/c1-4-12(18)6-8-14(19)17(3,11-10-16(20)21)15-9-7-13(5-2)22-15/h7,9H,4-6,8,10-11H2,1-3H3,(H,20,21). The zero-order valence-corrected chi connectivity index (χ0v) is 13.5. The summed E-state index contributed by atoms with van der Waals surface area (Å²) in [6.07, 6.45) is 1.46. The predicted molar refractivity (Wildman–Crippen MR) is 81.8 cm³/mol. The lowest BCUT2D eigenvalue weighted by atomic mass is 9.77. The van der Waals surface area contributed by atoms with Crippen LogP contribution in [0.15, 0.2) is 16.5 Å². The average Bonchev–Trinajstić information content (AvgIpc) is 2.99. The van der Waals surface area contributed by atoms with Crippen molar-refractivity contribution in [1.29, 1.82) is 0 Å². The largest absolute Gasteiger partial charge is 0.481 e. The first-order valence-electron chi connectivity index (χ1n) is 7.69. The third-order valence-corrected chi connectivity index (χ3v) is 4.03. The Bertz CT molecular complexity index is 543. The molecule has 1 rings (SSSR count). The molecule has 1 aromatic rings. The Labute approximate surface area is 130 Å². The molecule has 5 nitrogen and oxygen atoms in total. The number of aliphatic carboxylic acids is 1. The minimum absolute atomic E-state index is 0.0302. The fourth-order valence-corrected chi connectivity index (χ4v) is 2.33. The first-order valence-corrected chi connectivity index (χ1v) is 7.69. The highest BCUT2D eigenvalue weighted by molar-refractivity contribution is 5.92. The van der Waals surface area contributed by atoms with Crippen molar-refractivity contribution < 1.29 is 23.9 Å². The molecule has 1 heterocycles. The van der Waals surface area contributed by atoms with Crippen LogP contribution in [-0.4, -0.2) is 22.6 Å². The Hall–Kier alpha value is -1.91. The molecule has 0 spiro atoms. The average molecular weight is 308 g/mol. The summed E-state index contributed by atoms with van der Waals surface area (Å²) >= 11 is 0. The van der Waals surface area contributed by atoms with Crippen molar-refractivity contribution >= 4 is 17.5 Å². The molecule has 0 amide bonds. The van der Waals surface area contributed by atoms with Crippen molar-refractivity contribution in [3.63, 3.8) is 0 Å². The van der Waals surface area contributed by atoms with Crippen LogP contribution in [0.4, 0.5) is 0 Å². The van der Waals surface area contributed by atoms with Gasteiger partial charge in [0.05, 0.1) is 5.41 Å². The van der Waals surface area contributed by atoms with Gasteiger partial charge in [-0.15, -0.1) is 0 Å². The zero-order chi connectivity index (χ0) is 16.8. The summed E-state index contributed by atoms with van der Waals surface area (Å²) in [6.45, 7) is 5.41. The maximum absolute atomic E-state index is 12.6. The highest BCUT2D eigenvalue weighted by atomic mass is 16.4. The monoisotopic (exact) mass is 308 g/mol. The maximum Gasteiger partial charge on any atom is 0.303 e. The van der Waals surface area contributed by atoms with E-state index in [1.165, 1.54) is 0 Å². The Morgan fingerprint density at radius 1 is 1.14 bits per heavy atom. The van der Waals surface area contributed by atoms with Crippen LogP contribution in [0, 0.1) is 0 Å². The number of carboxylic acids is 1. The number of furan rings is 1. The summed E-state index contributed by atoms with van der Waals surface area (Å²) in [5, 5.41) is 8.92. The molecule has 0 saturated carbocycles. The van der Waals surface area contributed by atoms with Gasteiger partial charge in [0, 0.05) is 32.1 Å². The number of aryl methyl sites for hydroxylation is 1. The molecule has 0 aromatic carbocycles. The molecule has 5 heteroatoms. The van der Waals surface area contributed by atoms with E-state index in [0.29, 0.717) is 18.6 Å². The first-order chi connectivity index (χ1) is 10.3. The van der Waals surface area contributed by atoms with E-state index in [1.54, 1.807) is 26.0 Å². The van der Waals surface area contributed by atoms with Crippen LogP contribution >= 0.6 is 0 Å². The topological polar surface area (TPSA) is 84.6 Å². The van der Waals surface area contributed by atoms with Gasteiger partial charge in [0.25, 0.3) is 0 Å². The molecule has 0 bridgehead atoms. The van der Waals surface area contributed by atoms with E-state index >= 15 is 0 Å². The molecule has 0 aliphatic carbocycles. The third kappa shape index (κ3) is 4.55. The molecule has 1 N–H and O–H groups in total. The fraction of sp³-hybridized carbons (Fsp3) is 0.588. The number of rotatable bonds is 10. The van der Waals surface area contributed by atoms with Crippen LogP contribution in [0.5, 0.6) is 0 Å². The molecule has 1 aromatic heterocycles. The molecular formula is C17H24O5. The van der Waals surface area contributed by atoms with Gasteiger partial charge in [-0.1, -0.05) is 13.8 Å². The van der Waals surface area contributed by atoms with E-state index in [-0.39, 0.29) is 37.2 Å². The fourth-order valence-electron chi connectivity index (χ4n) is 2.33. The second-order valence-electron chi connectivity index (χ2n) is 5.66. The molecule has 0 saturated heterocycles. The van der Waals surface area contributed by atoms with Crippen LogP contribution in [0.2, 0.25) is 0 Å². The van der Waals surface area contributed by atoms with Gasteiger partial charge < -0.3 is 9.52 Å². The van der Waals surface area contributed by atoms with E-state index in [2.05, 4.69) is 0 Å². The number of ketones is 2. The quantitative estimate of drug-likeness (QED) is 0.717. The highest BCUT2D eigenvalue weighted by Crippen LogP contribution is 2.33. The number of carboxylic acid groups (broad SMARTS) is 1. The van der Waals surface area contributed by atoms with Gasteiger partial charge in [-0.05, 0) is 25.5 Å². The highest BCUT2D eigenvalue weighted by Gasteiger charge is 2.38. The molecule has 0 fully saturated rings. The molecular weight excluding hydrogens is 284 g/mol. The van der Waals surface area contributed by atoms with Gasteiger partial charge in [0.15, 0.2) is 0 Å². The van der Waals surface area contributed by atoms with Crippen LogP contribution in [0.25, 0.3) is 0 Å². The van der Waals surface area contributed by atoms with Crippen LogP contribution in [-0.2, 0) is 26.2 Å². The van der Waals surface area contributed by atoms with Crippen molar-refractivity contribution in [3.8, 4) is 0 Å². The molecule has 0 radical (unpaired) electrons. The number of carbonyl (C=O) groups excluding carboxylic acids is 2. The van der Waals surface area contributed by atoms with Gasteiger partial charge in [0.2, 0.25) is 0 Å². The normalized spacial score (nSPS) is 13.6.